The van der Waals surface area contributed by atoms with Gasteiger partial charge in [-0.2, -0.15) is 0 Å². The van der Waals surface area contributed by atoms with E-state index in [1.807, 2.05) is 24.3 Å². The number of benzene rings is 2. The van der Waals surface area contributed by atoms with E-state index in [2.05, 4.69) is 0 Å². The van der Waals surface area contributed by atoms with Crippen LogP contribution in [-0.2, 0) is 6.42 Å². The summed E-state index contributed by atoms with van der Waals surface area (Å²) in [5.74, 6) is 0.122. The van der Waals surface area contributed by atoms with Crippen molar-refractivity contribution in [1.29, 1.82) is 0 Å². The summed E-state index contributed by atoms with van der Waals surface area (Å²) in [4.78, 5) is 13.9. The van der Waals surface area contributed by atoms with Crippen molar-refractivity contribution in [2.24, 2.45) is 0 Å². The number of carbonyl (C=O) groups is 1. The van der Waals surface area contributed by atoms with Gasteiger partial charge in [0.1, 0.15) is 0 Å². The van der Waals surface area contributed by atoms with E-state index >= 15 is 0 Å². The molecule has 6 heteroatoms. The average molecular weight is 343 g/mol. The maximum absolute atomic E-state index is 12.3. The Balaban J connectivity index is 1.86. The summed E-state index contributed by atoms with van der Waals surface area (Å²) in [5.41, 5.74) is 1.96. The van der Waals surface area contributed by atoms with Crippen LogP contribution < -0.4 is 9.64 Å². The number of ether oxygens (including phenoxy) is 1. The number of amides is 1. The molecule has 0 N–H and O–H groups in total. The number of carbonyl (C=O) groups excluding carboxylic acids is 1. The molecule has 0 saturated carbocycles. The minimum Gasteiger partial charge on any atom is -0.407 e. The third kappa shape index (κ3) is 2.82. The molecule has 3 nitrogen and oxygen atoms in total. The summed E-state index contributed by atoms with van der Waals surface area (Å²) in [6.45, 7) is 0.570. The molecular formula is C15H10Cl3NO2. The smallest absolute Gasteiger partial charge is 0.407 e. The lowest BCUT2D eigenvalue weighted by molar-refractivity contribution is 0.208. The van der Waals surface area contributed by atoms with Crippen LogP contribution in [0.2, 0.25) is 15.1 Å². The summed E-state index contributed by atoms with van der Waals surface area (Å²) in [6.07, 6.45) is 0.291. The lowest BCUT2D eigenvalue weighted by Gasteiger charge is -2.18. The summed E-state index contributed by atoms with van der Waals surface area (Å²) in [6, 6.07) is 10.7. The van der Waals surface area contributed by atoms with Gasteiger partial charge in [0.05, 0.1) is 15.7 Å². The van der Waals surface area contributed by atoms with Gasteiger partial charge in [-0.05, 0) is 30.2 Å². The number of halogens is 3. The molecule has 0 saturated heterocycles. The number of fused-ring (bicyclic) bond motifs is 1. The molecule has 2 aromatic carbocycles. The number of hydrogen-bond acceptors (Lipinski definition) is 2. The van der Waals surface area contributed by atoms with Gasteiger partial charge >= 0.3 is 6.09 Å². The van der Waals surface area contributed by atoms with Crippen LogP contribution in [0.4, 0.5) is 10.5 Å². The van der Waals surface area contributed by atoms with Crippen LogP contribution in [0.1, 0.15) is 5.56 Å². The van der Waals surface area contributed by atoms with Crippen LogP contribution in [0.15, 0.2) is 36.4 Å². The molecule has 1 aliphatic heterocycles. The average Bonchev–Trinajstić information content (AvgIpc) is 2.86. The first-order valence-corrected chi connectivity index (χ1v) is 7.41. The van der Waals surface area contributed by atoms with E-state index in [-0.39, 0.29) is 15.8 Å². The van der Waals surface area contributed by atoms with Crippen molar-refractivity contribution in [2.75, 3.05) is 11.4 Å². The molecule has 21 heavy (non-hydrogen) atoms. The molecule has 1 amide bonds. The zero-order valence-electron chi connectivity index (χ0n) is 10.8. The number of rotatable bonds is 1. The van der Waals surface area contributed by atoms with Crippen LogP contribution in [0.5, 0.6) is 5.75 Å². The first-order valence-electron chi connectivity index (χ1n) is 6.28. The molecule has 1 heterocycles. The highest BCUT2D eigenvalue weighted by molar-refractivity contribution is 6.40. The van der Waals surface area contributed by atoms with Crippen molar-refractivity contribution in [3.63, 3.8) is 0 Å². The van der Waals surface area contributed by atoms with Crippen LogP contribution in [0.25, 0.3) is 0 Å². The zero-order chi connectivity index (χ0) is 15.0. The van der Waals surface area contributed by atoms with Gasteiger partial charge in [-0.3, -0.25) is 4.90 Å². The Labute approximate surface area is 137 Å². The highest BCUT2D eigenvalue weighted by Crippen LogP contribution is 2.37. The van der Waals surface area contributed by atoms with Gasteiger partial charge in [-0.25, -0.2) is 4.79 Å². The number of para-hydroxylation sites is 1. The van der Waals surface area contributed by atoms with Gasteiger partial charge in [0.2, 0.25) is 0 Å². The van der Waals surface area contributed by atoms with E-state index in [0.717, 1.165) is 17.7 Å². The number of anilines is 1. The zero-order valence-corrected chi connectivity index (χ0v) is 13.0. The Hall–Kier alpha value is -1.42. The monoisotopic (exact) mass is 341 g/mol. The number of hydrogen-bond donors (Lipinski definition) is 0. The van der Waals surface area contributed by atoms with Gasteiger partial charge in [-0.15, -0.1) is 0 Å². The Kier molecular flexibility index (Phi) is 3.98. The van der Waals surface area contributed by atoms with Crippen molar-refractivity contribution in [1.82, 2.24) is 0 Å². The molecule has 2 aromatic rings. The second kappa shape index (κ2) is 5.76. The van der Waals surface area contributed by atoms with E-state index < -0.39 is 6.09 Å². The molecule has 0 aromatic heterocycles. The molecule has 0 unspecified atom stereocenters. The van der Waals surface area contributed by atoms with E-state index in [1.165, 1.54) is 12.1 Å². The fraction of sp³-hybridized carbons (Fsp3) is 0.133. The molecule has 0 spiro atoms. The molecular weight excluding hydrogens is 333 g/mol. The standard InChI is InChI=1S/C15H10Cl3NO2/c16-10-7-11(17)14(12(18)8-10)21-15(20)19-6-5-9-3-1-2-4-13(9)19/h1-4,7-8H,5-6H2. The molecule has 0 radical (unpaired) electrons. The second-order valence-corrected chi connectivity index (χ2v) is 5.85. The molecule has 108 valence electrons. The Bertz CT molecular complexity index is 695. The SMILES string of the molecule is O=C(Oc1c(Cl)cc(Cl)cc1Cl)N1CCc2ccccc21. The third-order valence-electron chi connectivity index (χ3n) is 3.26. The van der Waals surface area contributed by atoms with Crippen molar-refractivity contribution in [3.05, 3.63) is 57.0 Å². The Morgan fingerprint density at radius 3 is 2.48 bits per heavy atom. The third-order valence-corrected chi connectivity index (χ3v) is 4.04. The molecule has 0 aliphatic carbocycles. The fourth-order valence-electron chi connectivity index (χ4n) is 2.30. The maximum Gasteiger partial charge on any atom is 0.419 e. The fourth-order valence-corrected chi connectivity index (χ4v) is 3.19. The number of nitrogens with zero attached hydrogens (tertiary/aromatic N) is 1. The van der Waals surface area contributed by atoms with Gasteiger partial charge in [0.25, 0.3) is 0 Å². The van der Waals surface area contributed by atoms with Gasteiger partial charge in [0, 0.05) is 11.6 Å². The summed E-state index contributed by atoms with van der Waals surface area (Å²) in [7, 11) is 0. The van der Waals surface area contributed by atoms with Crippen molar-refractivity contribution >= 4 is 46.6 Å². The summed E-state index contributed by atoms with van der Waals surface area (Å²) >= 11 is 17.9. The van der Waals surface area contributed by atoms with Gasteiger partial charge < -0.3 is 4.74 Å². The topological polar surface area (TPSA) is 29.5 Å². The van der Waals surface area contributed by atoms with Crippen molar-refractivity contribution < 1.29 is 9.53 Å². The van der Waals surface area contributed by atoms with Crippen LogP contribution >= 0.6 is 34.8 Å². The molecule has 3 rings (SSSR count). The highest BCUT2D eigenvalue weighted by Gasteiger charge is 2.27. The van der Waals surface area contributed by atoms with Crippen LogP contribution in [-0.4, -0.2) is 12.6 Å². The second-order valence-electron chi connectivity index (χ2n) is 4.60. The van der Waals surface area contributed by atoms with Crippen molar-refractivity contribution in [2.45, 2.75) is 6.42 Å². The predicted molar refractivity (Wildman–Crippen MR) is 85.0 cm³/mol. The lowest BCUT2D eigenvalue weighted by atomic mass is 10.2. The molecule has 0 bridgehead atoms. The predicted octanol–water partition coefficient (Wildman–Crippen LogP) is 5.21. The molecule has 0 fully saturated rings. The van der Waals surface area contributed by atoms with Gasteiger partial charge in [0.15, 0.2) is 5.75 Å². The normalized spacial score (nSPS) is 13.2. The summed E-state index contributed by atoms with van der Waals surface area (Å²) < 4.78 is 5.34. The lowest BCUT2D eigenvalue weighted by Crippen LogP contribution is -2.31. The minimum absolute atomic E-state index is 0.122. The van der Waals surface area contributed by atoms with E-state index in [1.54, 1.807) is 4.90 Å². The molecule has 1 aliphatic rings. The van der Waals surface area contributed by atoms with Gasteiger partial charge in [-0.1, -0.05) is 53.0 Å². The first kappa shape index (κ1) is 14.5. The Morgan fingerprint density at radius 1 is 1.10 bits per heavy atom. The summed E-state index contributed by atoms with van der Waals surface area (Å²) in [5, 5.41) is 0.790. The van der Waals surface area contributed by atoms with Crippen LogP contribution in [0.3, 0.4) is 0 Å². The van der Waals surface area contributed by atoms with E-state index in [0.29, 0.717) is 11.6 Å². The first-order chi connectivity index (χ1) is 10.1. The van der Waals surface area contributed by atoms with Crippen LogP contribution in [0, 0.1) is 0 Å². The van der Waals surface area contributed by atoms with E-state index in [4.69, 9.17) is 39.5 Å². The quantitative estimate of drug-likeness (QED) is 0.712. The minimum atomic E-state index is -0.508. The van der Waals surface area contributed by atoms with E-state index in [9.17, 15) is 4.79 Å². The highest BCUT2D eigenvalue weighted by atomic mass is 35.5. The molecule has 0 atom stereocenters. The van der Waals surface area contributed by atoms with Crippen molar-refractivity contribution in [3.8, 4) is 5.75 Å². The Morgan fingerprint density at radius 2 is 1.76 bits per heavy atom. The largest absolute Gasteiger partial charge is 0.419 e. The maximum atomic E-state index is 12.3.